The number of hydrogen-bond acceptors (Lipinski definition) is 3. The molecule has 0 spiro atoms. The average Bonchev–Trinajstić information content (AvgIpc) is 2.46. The van der Waals surface area contributed by atoms with Crippen molar-refractivity contribution in [3.63, 3.8) is 0 Å². The van der Waals surface area contributed by atoms with Gasteiger partial charge in [0.15, 0.2) is 5.96 Å². The highest BCUT2D eigenvalue weighted by atomic mass is 127. The molecule has 1 amide bonds. The summed E-state index contributed by atoms with van der Waals surface area (Å²) in [5.74, 6) is 0.733. The van der Waals surface area contributed by atoms with Crippen LogP contribution in [0.4, 0.5) is 0 Å². The second-order valence-corrected chi connectivity index (χ2v) is 6.29. The SMILES string of the molecule is CCNC(=NCC(=O)N(C)C)NC1CCC(OC(C)C)CC1.I. The molecule has 0 unspecified atom stereocenters. The van der Waals surface area contributed by atoms with Crippen LogP contribution in [0, 0.1) is 0 Å². The molecule has 0 saturated heterocycles. The molecule has 1 aliphatic carbocycles. The number of halogens is 1. The third kappa shape index (κ3) is 9.34. The molecule has 136 valence electrons. The quantitative estimate of drug-likeness (QED) is 0.377. The Morgan fingerprint density at radius 1 is 1.26 bits per heavy atom. The summed E-state index contributed by atoms with van der Waals surface area (Å²) in [6, 6.07) is 0.402. The number of rotatable bonds is 6. The highest BCUT2D eigenvalue weighted by Crippen LogP contribution is 2.22. The lowest BCUT2D eigenvalue weighted by atomic mass is 9.93. The van der Waals surface area contributed by atoms with Crippen LogP contribution in [0.3, 0.4) is 0 Å². The number of nitrogens with zero attached hydrogens (tertiary/aromatic N) is 2. The molecule has 2 N–H and O–H groups in total. The Morgan fingerprint density at radius 2 is 1.87 bits per heavy atom. The average molecular weight is 440 g/mol. The molecule has 0 aromatic heterocycles. The zero-order valence-corrected chi connectivity index (χ0v) is 17.4. The number of aliphatic imine (C=N–C) groups is 1. The minimum Gasteiger partial charge on any atom is -0.376 e. The summed E-state index contributed by atoms with van der Waals surface area (Å²) >= 11 is 0. The maximum Gasteiger partial charge on any atom is 0.243 e. The summed E-state index contributed by atoms with van der Waals surface area (Å²) < 4.78 is 5.87. The van der Waals surface area contributed by atoms with Crippen LogP contribution in [0.15, 0.2) is 4.99 Å². The van der Waals surface area contributed by atoms with Crippen molar-refractivity contribution < 1.29 is 9.53 Å². The van der Waals surface area contributed by atoms with Crippen molar-refractivity contribution in [2.24, 2.45) is 4.99 Å². The van der Waals surface area contributed by atoms with Gasteiger partial charge in [-0.1, -0.05) is 0 Å². The number of carbonyl (C=O) groups is 1. The van der Waals surface area contributed by atoms with E-state index in [1.165, 1.54) is 0 Å². The third-order valence-electron chi connectivity index (χ3n) is 3.70. The van der Waals surface area contributed by atoms with Gasteiger partial charge in [0.25, 0.3) is 0 Å². The third-order valence-corrected chi connectivity index (χ3v) is 3.70. The van der Waals surface area contributed by atoms with E-state index >= 15 is 0 Å². The highest BCUT2D eigenvalue weighted by Gasteiger charge is 2.23. The predicted octanol–water partition coefficient (Wildman–Crippen LogP) is 1.98. The molecule has 1 rings (SSSR count). The molecule has 0 radical (unpaired) electrons. The minimum absolute atomic E-state index is 0. The molecule has 1 aliphatic rings. The first-order valence-electron chi connectivity index (χ1n) is 8.32. The van der Waals surface area contributed by atoms with E-state index in [1.54, 1.807) is 19.0 Å². The summed E-state index contributed by atoms with van der Waals surface area (Å²) in [5, 5.41) is 6.64. The topological polar surface area (TPSA) is 66.0 Å². The van der Waals surface area contributed by atoms with Crippen molar-refractivity contribution in [1.29, 1.82) is 0 Å². The minimum atomic E-state index is 0. The Kier molecular flexibility index (Phi) is 11.6. The van der Waals surface area contributed by atoms with Gasteiger partial charge >= 0.3 is 0 Å². The smallest absolute Gasteiger partial charge is 0.243 e. The molecule has 0 heterocycles. The van der Waals surface area contributed by atoms with Crippen LogP contribution in [-0.4, -0.2) is 62.2 Å². The maximum absolute atomic E-state index is 11.6. The second kappa shape index (κ2) is 11.9. The molecule has 0 bridgehead atoms. The zero-order chi connectivity index (χ0) is 16.5. The van der Waals surface area contributed by atoms with Crippen LogP contribution < -0.4 is 10.6 Å². The molecule has 7 heteroatoms. The first-order chi connectivity index (χ1) is 10.4. The van der Waals surface area contributed by atoms with Crippen LogP contribution in [0.1, 0.15) is 46.5 Å². The number of hydrogen-bond donors (Lipinski definition) is 2. The van der Waals surface area contributed by atoms with Crippen LogP contribution in [0.2, 0.25) is 0 Å². The van der Waals surface area contributed by atoms with Gasteiger partial charge in [0.1, 0.15) is 6.54 Å². The Morgan fingerprint density at radius 3 is 2.35 bits per heavy atom. The van der Waals surface area contributed by atoms with Crippen molar-refractivity contribution in [3.05, 3.63) is 0 Å². The number of ether oxygens (including phenoxy) is 1. The van der Waals surface area contributed by atoms with Gasteiger partial charge < -0.3 is 20.3 Å². The fourth-order valence-electron chi connectivity index (χ4n) is 2.53. The first kappa shape index (κ1) is 22.4. The van der Waals surface area contributed by atoms with Crippen molar-refractivity contribution in [2.45, 2.75) is 64.7 Å². The van der Waals surface area contributed by atoms with E-state index in [2.05, 4.69) is 29.5 Å². The Hall–Kier alpha value is -0.570. The summed E-state index contributed by atoms with van der Waals surface area (Å²) in [7, 11) is 3.49. The Bertz CT molecular complexity index is 367. The fourth-order valence-corrected chi connectivity index (χ4v) is 2.53. The molecule has 23 heavy (non-hydrogen) atoms. The molecule has 1 fully saturated rings. The highest BCUT2D eigenvalue weighted by molar-refractivity contribution is 14.0. The molecule has 6 nitrogen and oxygen atoms in total. The second-order valence-electron chi connectivity index (χ2n) is 6.29. The molecular weight excluding hydrogens is 407 g/mol. The standard InChI is InChI=1S/C16H32N4O2.HI/c1-6-17-16(18-11-15(21)20(4)5)19-13-7-9-14(10-8-13)22-12(2)3;/h12-14H,6-11H2,1-5H3,(H2,17,18,19);1H. The van der Waals surface area contributed by atoms with E-state index in [9.17, 15) is 4.79 Å². The van der Waals surface area contributed by atoms with E-state index in [0.717, 1.165) is 38.2 Å². The van der Waals surface area contributed by atoms with E-state index in [0.29, 0.717) is 18.2 Å². The lowest BCUT2D eigenvalue weighted by Crippen LogP contribution is -2.46. The molecule has 1 saturated carbocycles. The van der Waals surface area contributed by atoms with Gasteiger partial charge in [-0.2, -0.15) is 0 Å². The van der Waals surface area contributed by atoms with Gasteiger partial charge in [-0.05, 0) is 46.5 Å². The Balaban J connectivity index is 0.00000484. The summed E-state index contributed by atoms with van der Waals surface area (Å²) in [4.78, 5) is 17.6. The lowest BCUT2D eigenvalue weighted by Gasteiger charge is -2.31. The number of amides is 1. The molecular formula is C16H33IN4O2. The molecule has 0 aliphatic heterocycles. The van der Waals surface area contributed by atoms with Gasteiger partial charge in [0.05, 0.1) is 12.2 Å². The number of likely N-dealkylation sites (N-methyl/N-ethyl adjacent to an activating group) is 1. The van der Waals surface area contributed by atoms with Crippen LogP contribution >= 0.6 is 24.0 Å². The number of guanidine groups is 1. The Labute approximate surface area is 157 Å². The van der Waals surface area contributed by atoms with Crippen molar-refractivity contribution in [1.82, 2.24) is 15.5 Å². The summed E-state index contributed by atoms with van der Waals surface area (Å²) in [6.07, 6.45) is 4.98. The number of nitrogens with one attached hydrogen (secondary N) is 2. The monoisotopic (exact) mass is 440 g/mol. The van der Waals surface area contributed by atoms with E-state index in [4.69, 9.17) is 4.74 Å². The molecule has 0 aromatic carbocycles. The maximum atomic E-state index is 11.6. The van der Waals surface area contributed by atoms with Gasteiger partial charge in [-0.25, -0.2) is 4.99 Å². The lowest BCUT2D eigenvalue weighted by molar-refractivity contribution is -0.127. The van der Waals surface area contributed by atoms with Gasteiger partial charge in [0.2, 0.25) is 5.91 Å². The van der Waals surface area contributed by atoms with Gasteiger partial charge in [0, 0.05) is 26.7 Å². The summed E-state index contributed by atoms with van der Waals surface area (Å²) in [5.41, 5.74) is 0. The normalized spacial score (nSPS) is 21.6. The van der Waals surface area contributed by atoms with E-state index in [1.807, 2.05) is 6.92 Å². The molecule has 0 aromatic rings. The molecule has 0 atom stereocenters. The van der Waals surface area contributed by atoms with Gasteiger partial charge in [-0.3, -0.25) is 4.79 Å². The predicted molar refractivity (Wildman–Crippen MR) is 105 cm³/mol. The summed E-state index contributed by atoms with van der Waals surface area (Å²) in [6.45, 7) is 7.16. The van der Waals surface area contributed by atoms with Crippen molar-refractivity contribution in [3.8, 4) is 0 Å². The van der Waals surface area contributed by atoms with E-state index in [-0.39, 0.29) is 36.4 Å². The van der Waals surface area contributed by atoms with Gasteiger partial charge in [-0.15, -0.1) is 24.0 Å². The van der Waals surface area contributed by atoms with Crippen molar-refractivity contribution >= 4 is 35.8 Å². The van der Waals surface area contributed by atoms with E-state index < -0.39 is 0 Å². The zero-order valence-electron chi connectivity index (χ0n) is 15.1. The fraction of sp³-hybridized carbons (Fsp3) is 0.875. The van der Waals surface area contributed by atoms with Crippen molar-refractivity contribution in [2.75, 3.05) is 27.2 Å². The largest absolute Gasteiger partial charge is 0.376 e. The van der Waals surface area contributed by atoms with Crippen LogP contribution in [0.25, 0.3) is 0 Å². The number of carbonyl (C=O) groups excluding carboxylic acids is 1. The van der Waals surface area contributed by atoms with Crippen LogP contribution in [-0.2, 0) is 9.53 Å². The first-order valence-corrected chi connectivity index (χ1v) is 8.32. The van der Waals surface area contributed by atoms with Crippen LogP contribution in [0.5, 0.6) is 0 Å².